The van der Waals surface area contributed by atoms with E-state index in [0.717, 1.165) is 11.6 Å². The Labute approximate surface area is 167 Å². The van der Waals surface area contributed by atoms with Crippen LogP contribution in [0.5, 0.6) is 11.5 Å². The third-order valence-corrected chi connectivity index (χ3v) is 5.75. The van der Waals surface area contributed by atoms with Gasteiger partial charge in [0, 0.05) is 11.3 Å². The third kappa shape index (κ3) is 3.81. The predicted molar refractivity (Wildman–Crippen MR) is 101 cm³/mol. The largest absolute Gasteiger partial charge is 0.493 e. The van der Waals surface area contributed by atoms with E-state index < -0.39 is 28.5 Å². The van der Waals surface area contributed by atoms with Gasteiger partial charge in [-0.05, 0) is 40.7 Å². The lowest BCUT2D eigenvalue weighted by atomic mass is 10.1. The van der Waals surface area contributed by atoms with Gasteiger partial charge in [-0.1, -0.05) is 17.7 Å². The number of ether oxygens (including phenoxy) is 2. The molecule has 0 bridgehead atoms. The van der Waals surface area contributed by atoms with Crippen molar-refractivity contribution in [2.24, 2.45) is 4.36 Å². The number of alkyl halides is 3. The van der Waals surface area contributed by atoms with Gasteiger partial charge in [0.15, 0.2) is 11.5 Å². The minimum absolute atomic E-state index is 0.148. The van der Waals surface area contributed by atoms with Crippen LogP contribution in [0.2, 0.25) is 5.02 Å². The highest BCUT2D eigenvalue weighted by atomic mass is 35.5. The standard InChI is InChI=1S/C18H16ClF3N2O3S/c1-26-14-5-4-10(6-15(14)27-2)9-24-17(25)12-7-11(19)8-13(18(20,21)22)16(12)23-28(24)3/h4-8H,9H2,1-3H3. The van der Waals surface area contributed by atoms with Crippen molar-refractivity contribution < 1.29 is 27.4 Å². The fourth-order valence-corrected chi connectivity index (χ4v) is 4.27. The summed E-state index contributed by atoms with van der Waals surface area (Å²) in [5, 5.41) is -0.168. The Bertz CT molecular complexity index is 979. The summed E-state index contributed by atoms with van der Waals surface area (Å²) in [4.78, 5) is 12.9. The number of halogens is 4. The zero-order valence-electron chi connectivity index (χ0n) is 15.1. The number of amides is 1. The van der Waals surface area contributed by atoms with Gasteiger partial charge >= 0.3 is 6.18 Å². The molecule has 1 unspecified atom stereocenters. The summed E-state index contributed by atoms with van der Waals surface area (Å²) >= 11 is 5.83. The molecule has 0 aromatic heterocycles. The summed E-state index contributed by atoms with van der Waals surface area (Å²) in [6.07, 6.45) is -3.06. The van der Waals surface area contributed by atoms with Gasteiger partial charge < -0.3 is 9.47 Å². The van der Waals surface area contributed by atoms with Crippen molar-refractivity contribution in [2.45, 2.75) is 12.7 Å². The molecule has 0 N–H and O–H groups in total. The van der Waals surface area contributed by atoms with Crippen LogP contribution >= 0.6 is 11.6 Å². The number of benzene rings is 2. The molecule has 1 aliphatic heterocycles. The number of carbonyl (C=O) groups excluding carboxylic acids is 1. The lowest BCUT2D eigenvalue weighted by Crippen LogP contribution is -2.34. The summed E-state index contributed by atoms with van der Waals surface area (Å²) in [5.41, 5.74) is -0.808. The van der Waals surface area contributed by atoms with Crippen LogP contribution in [0.25, 0.3) is 0 Å². The Morgan fingerprint density at radius 1 is 1.14 bits per heavy atom. The molecule has 150 valence electrons. The van der Waals surface area contributed by atoms with E-state index >= 15 is 0 Å². The molecule has 0 fully saturated rings. The second-order valence-corrected chi connectivity index (χ2v) is 7.87. The van der Waals surface area contributed by atoms with E-state index in [0.29, 0.717) is 11.5 Å². The zero-order valence-corrected chi connectivity index (χ0v) is 16.7. The number of methoxy groups -OCH3 is 2. The highest BCUT2D eigenvalue weighted by Crippen LogP contribution is 2.43. The number of rotatable bonds is 4. The van der Waals surface area contributed by atoms with Crippen LogP contribution in [0, 0.1) is 0 Å². The molecule has 28 heavy (non-hydrogen) atoms. The Balaban J connectivity index is 2.01. The Hall–Kier alpha value is -2.26. The maximum atomic E-state index is 13.3. The van der Waals surface area contributed by atoms with Crippen molar-refractivity contribution in [3.63, 3.8) is 0 Å². The van der Waals surface area contributed by atoms with Crippen LogP contribution in [0.3, 0.4) is 0 Å². The van der Waals surface area contributed by atoms with Crippen LogP contribution in [0.4, 0.5) is 18.9 Å². The fourth-order valence-electron chi connectivity index (χ4n) is 2.82. The van der Waals surface area contributed by atoms with E-state index in [1.54, 1.807) is 24.5 Å². The minimum atomic E-state index is -4.66. The molecule has 0 saturated carbocycles. The molecule has 10 heteroatoms. The summed E-state index contributed by atoms with van der Waals surface area (Å²) in [5.74, 6) is 0.460. The van der Waals surface area contributed by atoms with Crippen molar-refractivity contribution in [1.82, 2.24) is 4.31 Å². The number of hydrogen-bond donors (Lipinski definition) is 0. The van der Waals surface area contributed by atoms with Crippen LogP contribution in [0.1, 0.15) is 21.5 Å². The van der Waals surface area contributed by atoms with Crippen molar-refractivity contribution in [3.05, 3.63) is 52.0 Å². The first-order valence-electron chi connectivity index (χ1n) is 7.97. The second kappa shape index (κ2) is 7.63. The summed E-state index contributed by atoms with van der Waals surface area (Å²) in [6, 6.07) is 7.16. The zero-order chi connectivity index (χ0) is 20.6. The predicted octanol–water partition coefficient (Wildman–Crippen LogP) is 5.01. The summed E-state index contributed by atoms with van der Waals surface area (Å²) < 4.78 is 56.0. The molecule has 0 spiro atoms. The fraction of sp³-hybridized carbons (Fsp3) is 0.278. The van der Waals surface area contributed by atoms with Gasteiger partial charge in [0.05, 0.1) is 37.6 Å². The maximum absolute atomic E-state index is 13.3. The van der Waals surface area contributed by atoms with Crippen LogP contribution in [-0.2, 0) is 23.6 Å². The lowest BCUT2D eigenvalue weighted by molar-refractivity contribution is -0.137. The molecule has 3 rings (SSSR count). The quantitative estimate of drug-likeness (QED) is 0.682. The average Bonchev–Trinajstić information content (AvgIpc) is 2.64. The van der Waals surface area contributed by atoms with Gasteiger partial charge in [0.25, 0.3) is 5.91 Å². The van der Waals surface area contributed by atoms with Crippen molar-refractivity contribution in [3.8, 4) is 11.5 Å². The smallest absolute Gasteiger partial charge is 0.418 e. The molecule has 1 heterocycles. The van der Waals surface area contributed by atoms with Gasteiger partial charge in [-0.2, -0.15) is 13.2 Å². The molecule has 1 amide bonds. The molecule has 1 atom stereocenters. The van der Waals surface area contributed by atoms with Gasteiger partial charge in [0.1, 0.15) is 0 Å². The maximum Gasteiger partial charge on any atom is 0.418 e. The molecule has 0 radical (unpaired) electrons. The molecular formula is C18H16ClF3N2O3S. The summed E-state index contributed by atoms with van der Waals surface area (Å²) in [6.45, 7) is 0.148. The highest BCUT2D eigenvalue weighted by Gasteiger charge is 2.38. The number of carbonyl (C=O) groups is 1. The van der Waals surface area contributed by atoms with Gasteiger partial charge in [-0.3, -0.25) is 9.10 Å². The number of fused-ring (bicyclic) bond motifs is 1. The van der Waals surface area contributed by atoms with Gasteiger partial charge in [-0.15, -0.1) is 0 Å². The molecule has 5 nitrogen and oxygen atoms in total. The van der Waals surface area contributed by atoms with Crippen LogP contribution < -0.4 is 9.47 Å². The first-order chi connectivity index (χ1) is 13.2. The van der Waals surface area contributed by atoms with Crippen LogP contribution in [-0.4, -0.2) is 30.7 Å². The van der Waals surface area contributed by atoms with E-state index in [-0.39, 0.29) is 22.8 Å². The second-order valence-electron chi connectivity index (χ2n) is 5.92. The Morgan fingerprint density at radius 2 is 1.82 bits per heavy atom. The number of hydrogen-bond acceptors (Lipinski definition) is 4. The van der Waals surface area contributed by atoms with Crippen molar-refractivity contribution >= 4 is 34.1 Å². The lowest BCUT2D eigenvalue weighted by Gasteiger charge is -2.29. The molecular weight excluding hydrogens is 417 g/mol. The van der Waals surface area contributed by atoms with E-state index in [9.17, 15) is 18.0 Å². The molecule has 2 aromatic rings. The topological polar surface area (TPSA) is 51.1 Å². The van der Waals surface area contributed by atoms with Crippen molar-refractivity contribution in [2.75, 3.05) is 20.5 Å². The minimum Gasteiger partial charge on any atom is -0.493 e. The SMILES string of the molecule is COc1ccc(CN2C(=O)c3cc(Cl)cc(C(F)(F)F)c3N=S2C)cc1OC. The monoisotopic (exact) mass is 432 g/mol. The van der Waals surface area contributed by atoms with Gasteiger partial charge in [0.2, 0.25) is 0 Å². The van der Waals surface area contributed by atoms with E-state index in [1.165, 1.54) is 24.6 Å². The van der Waals surface area contributed by atoms with Crippen LogP contribution in [0.15, 0.2) is 34.7 Å². The highest BCUT2D eigenvalue weighted by molar-refractivity contribution is 7.85. The molecule has 0 aliphatic carbocycles. The first kappa shape index (κ1) is 20.5. The average molecular weight is 433 g/mol. The summed E-state index contributed by atoms with van der Waals surface area (Å²) in [7, 11) is 1.90. The first-order valence-corrected chi connectivity index (χ1v) is 9.89. The third-order valence-electron chi connectivity index (χ3n) is 4.15. The molecule has 0 saturated heterocycles. The molecule has 1 aliphatic rings. The molecule has 2 aromatic carbocycles. The normalized spacial score (nSPS) is 16.5. The van der Waals surface area contributed by atoms with E-state index in [4.69, 9.17) is 21.1 Å². The Kier molecular flexibility index (Phi) is 5.58. The van der Waals surface area contributed by atoms with E-state index in [2.05, 4.69) is 4.36 Å². The Morgan fingerprint density at radius 3 is 2.43 bits per heavy atom. The van der Waals surface area contributed by atoms with Crippen molar-refractivity contribution in [1.29, 1.82) is 0 Å². The van der Waals surface area contributed by atoms with E-state index in [1.807, 2.05) is 0 Å². The van der Waals surface area contributed by atoms with Gasteiger partial charge in [-0.25, -0.2) is 4.36 Å². The number of nitrogens with zero attached hydrogens (tertiary/aromatic N) is 2.